The van der Waals surface area contributed by atoms with Crippen molar-refractivity contribution < 1.29 is 9.13 Å². The second-order valence-electron chi connectivity index (χ2n) is 8.88. The molecule has 1 atom stereocenters. The highest BCUT2D eigenvalue weighted by molar-refractivity contribution is 5.71. The van der Waals surface area contributed by atoms with Crippen LogP contribution in [0, 0.1) is 11.7 Å². The molecule has 2 heteroatoms. The van der Waals surface area contributed by atoms with E-state index >= 15 is 0 Å². The number of hydrogen-bond acceptors (Lipinski definition) is 1. The topological polar surface area (TPSA) is 9.23 Å². The third kappa shape index (κ3) is 6.95. The van der Waals surface area contributed by atoms with Crippen molar-refractivity contribution in [3.8, 4) is 28.0 Å². The first-order valence-electron chi connectivity index (χ1n) is 12.2. The summed E-state index contributed by atoms with van der Waals surface area (Å²) in [7, 11) is 0. The molecule has 0 bridgehead atoms. The molecule has 0 fully saturated rings. The minimum atomic E-state index is -0.197. The lowest BCUT2D eigenvalue weighted by Gasteiger charge is -2.10. The lowest BCUT2D eigenvalue weighted by molar-refractivity contribution is 0.306. The summed E-state index contributed by atoms with van der Waals surface area (Å²) < 4.78 is 20.7. The Morgan fingerprint density at radius 1 is 0.781 bits per heavy atom. The van der Waals surface area contributed by atoms with Crippen LogP contribution in [0.15, 0.2) is 66.7 Å². The van der Waals surface area contributed by atoms with Gasteiger partial charge in [-0.3, -0.25) is 0 Å². The van der Waals surface area contributed by atoms with Crippen molar-refractivity contribution in [1.29, 1.82) is 0 Å². The number of benzene rings is 3. The van der Waals surface area contributed by atoms with E-state index in [0.717, 1.165) is 47.8 Å². The second kappa shape index (κ2) is 12.4. The van der Waals surface area contributed by atoms with Crippen LogP contribution >= 0.6 is 0 Å². The molecule has 0 radical (unpaired) electrons. The maximum absolute atomic E-state index is 14.9. The molecule has 0 saturated heterocycles. The Morgan fingerprint density at radius 2 is 1.47 bits per heavy atom. The summed E-state index contributed by atoms with van der Waals surface area (Å²) in [5.74, 6) is 1.44. The largest absolute Gasteiger partial charge is 0.494 e. The predicted octanol–water partition coefficient (Wildman–Crippen LogP) is 9.10. The summed E-state index contributed by atoms with van der Waals surface area (Å²) >= 11 is 0. The van der Waals surface area contributed by atoms with Gasteiger partial charge in [0.2, 0.25) is 0 Å². The summed E-state index contributed by atoms with van der Waals surface area (Å²) in [6, 6.07) is 21.8. The van der Waals surface area contributed by atoms with E-state index in [9.17, 15) is 4.39 Å². The molecular formula is C30H37FO. The van der Waals surface area contributed by atoms with E-state index in [2.05, 4.69) is 45.0 Å². The Morgan fingerprint density at radius 3 is 2.12 bits per heavy atom. The van der Waals surface area contributed by atoms with Gasteiger partial charge < -0.3 is 4.74 Å². The van der Waals surface area contributed by atoms with E-state index < -0.39 is 0 Å². The molecule has 0 amide bonds. The molecule has 0 saturated carbocycles. The van der Waals surface area contributed by atoms with E-state index in [1.807, 2.05) is 36.4 Å². The van der Waals surface area contributed by atoms with Crippen LogP contribution in [-0.4, -0.2) is 6.61 Å². The molecule has 0 spiro atoms. The zero-order valence-corrected chi connectivity index (χ0v) is 19.9. The number of hydrogen-bond donors (Lipinski definition) is 0. The van der Waals surface area contributed by atoms with Crippen LogP contribution in [-0.2, 0) is 6.42 Å². The molecule has 1 nitrogen and oxygen atoms in total. The summed E-state index contributed by atoms with van der Waals surface area (Å²) in [6.07, 6.45) is 8.27. The molecule has 3 rings (SSSR count). The molecule has 0 aliphatic heterocycles. The molecule has 32 heavy (non-hydrogen) atoms. The highest BCUT2D eigenvalue weighted by Gasteiger charge is 2.08. The van der Waals surface area contributed by atoms with Gasteiger partial charge in [0.05, 0.1) is 6.61 Å². The van der Waals surface area contributed by atoms with Gasteiger partial charge in [0.25, 0.3) is 0 Å². The zero-order chi connectivity index (χ0) is 22.8. The zero-order valence-electron chi connectivity index (χ0n) is 19.9. The van der Waals surface area contributed by atoms with Crippen molar-refractivity contribution in [3.63, 3.8) is 0 Å². The lowest BCUT2D eigenvalue weighted by Crippen LogP contribution is -1.96. The molecular weight excluding hydrogens is 395 g/mol. The quantitative estimate of drug-likeness (QED) is 0.259. The highest BCUT2D eigenvalue weighted by Crippen LogP contribution is 2.29. The molecule has 3 aromatic carbocycles. The maximum Gasteiger partial charge on any atom is 0.131 e. The maximum atomic E-state index is 14.9. The SMILES string of the molecule is CCCCCOc1ccc(-c2ccc(-c3ccc(CCCC(C)CC)cc3)cc2F)cc1. The number of ether oxygens (including phenoxy) is 1. The summed E-state index contributed by atoms with van der Waals surface area (Å²) in [5, 5.41) is 0. The van der Waals surface area contributed by atoms with Crippen molar-refractivity contribution in [2.45, 2.75) is 65.7 Å². The Labute approximate surface area is 193 Å². The summed E-state index contributed by atoms with van der Waals surface area (Å²) in [4.78, 5) is 0. The van der Waals surface area contributed by atoms with Crippen LogP contribution in [0.25, 0.3) is 22.3 Å². The van der Waals surface area contributed by atoms with Crippen LogP contribution in [0.1, 0.15) is 64.9 Å². The summed E-state index contributed by atoms with van der Waals surface area (Å²) in [6.45, 7) is 7.48. The Balaban J connectivity index is 1.62. The predicted molar refractivity (Wildman–Crippen MR) is 135 cm³/mol. The van der Waals surface area contributed by atoms with Crippen molar-refractivity contribution in [1.82, 2.24) is 0 Å². The van der Waals surface area contributed by atoms with Crippen LogP contribution in [0.5, 0.6) is 5.75 Å². The molecule has 170 valence electrons. The number of aryl methyl sites for hydroxylation is 1. The van der Waals surface area contributed by atoms with Gasteiger partial charge in [0.15, 0.2) is 0 Å². The van der Waals surface area contributed by atoms with Gasteiger partial charge in [-0.2, -0.15) is 0 Å². The third-order valence-electron chi connectivity index (χ3n) is 6.30. The van der Waals surface area contributed by atoms with Crippen LogP contribution in [0.2, 0.25) is 0 Å². The normalized spacial score (nSPS) is 12.0. The Kier molecular flexibility index (Phi) is 9.34. The van der Waals surface area contributed by atoms with E-state index in [1.165, 1.54) is 37.7 Å². The molecule has 0 aliphatic rings. The Bertz CT molecular complexity index is 944. The van der Waals surface area contributed by atoms with Gasteiger partial charge >= 0.3 is 0 Å². The Hall–Kier alpha value is -2.61. The van der Waals surface area contributed by atoms with Gasteiger partial charge in [-0.15, -0.1) is 0 Å². The van der Waals surface area contributed by atoms with Gasteiger partial charge in [-0.05, 0) is 65.6 Å². The smallest absolute Gasteiger partial charge is 0.131 e. The molecule has 1 unspecified atom stereocenters. The molecule has 3 aromatic rings. The fraction of sp³-hybridized carbons (Fsp3) is 0.400. The highest BCUT2D eigenvalue weighted by atomic mass is 19.1. The van der Waals surface area contributed by atoms with Gasteiger partial charge in [-0.25, -0.2) is 4.39 Å². The van der Waals surface area contributed by atoms with E-state index in [4.69, 9.17) is 4.74 Å². The fourth-order valence-corrected chi connectivity index (χ4v) is 3.92. The standard InChI is InChI=1S/C30H37FO/c1-4-6-7-21-32-28-18-15-26(16-19-28)29-20-17-27(22-30(29)31)25-13-11-24(12-14-25)10-8-9-23(3)5-2/h11-20,22-23H,4-10,21H2,1-3H3. The fourth-order valence-electron chi connectivity index (χ4n) is 3.92. The van der Waals surface area contributed by atoms with Crippen LogP contribution in [0.3, 0.4) is 0 Å². The average molecular weight is 433 g/mol. The number of unbranched alkanes of at least 4 members (excludes halogenated alkanes) is 2. The molecule has 0 heterocycles. The minimum Gasteiger partial charge on any atom is -0.494 e. The first kappa shape index (κ1) is 24.0. The molecule has 0 aliphatic carbocycles. The summed E-state index contributed by atoms with van der Waals surface area (Å²) in [5.41, 5.74) is 4.80. The van der Waals surface area contributed by atoms with Gasteiger partial charge in [0.1, 0.15) is 11.6 Å². The van der Waals surface area contributed by atoms with Crippen molar-refractivity contribution >= 4 is 0 Å². The first-order chi connectivity index (χ1) is 15.6. The number of halogens is 1. The molecule has 0 aromatic heterocycles. The van der Waals surface area contributed by atoms with Crippen LogP contribution < -0.4 is 4.74 Å². The van der Waals surface area contributed by atoms with Gasteiger partial charge in [-0.1, -0.05) is 95.0 Å². The third-order valence-corrected chi connectivity index (χ3v) is 6.30. The van der Waals surface area contributed by atoms with Crippen molar-refractivity contribution in [2.24, 2.45) is 5.92 Å². The van der Waals surface area contributed by atoms with Gasteiger partial charge in [0, 0.05) is 5.56 Å². The average Bonchev–Trinajstić information content (AvgIpc) is 2.82. The minimum absolute atomic E-state index is 0.197. The molecule has 0 N–H and O–H groups in total. The van der Waals surface area contributed by atoms with E-state index in [1.54, 1.807) is 6.07 Å². The second-order valence-corrected chi connectivity index (χ2v) is 8.88. The lowest BCUT2D eigenvalue weighted by atomic mass is 9.96. The van der Waals surface area contributed by atoms with Crippen LogP contribution in [0.4, 0.5) is 4.39 Å². The van der Waals surface area contributed by atoms with Crippen molar-refractivity contribution in [2.75, 3.05) is 6.61 Å². The monoisotopic (exact) mass is 432 g/mol. The first-order valence-corrected chi connectivity index (χ1v) is 12.2. The number of rotatable bonds is 12. The van der Waals surface area contributed by atoms with Crippen molar-refractivity contribution in [3.05, 3.63) is 78.1 Å². The van der Waals surface area contributed by atoms with E-state index in [-0.39, 0.29) is 5.82 Å². The van der Waals surface area contributed by atoms with E-state index in [0.29, 0.717) is 5.56 Å².